The minimum atomic E-state index is -1.54. The lowest BCUT2D eigenvalue weighted by atomic mass is 9.85. The third-order valence-electron chi connectivity index (χ3n) is 5.09. The summed E-state index contributed by atoms with van der Waals surface area (Å²) in [6.45, 7) is 2.29. The summed E-state index contributed by atoms with van der Waals surface area (Å²) in [4.78, 5) is 25.3. The van der Waals surface area contributed by atoms with Crippen LogP contribution in [0.25, 0.3) is 0 Å². The Morgan fingerprint density at radius 3 is 2.39 bits per heavy atom. The SMILES string of the molecule is Cc1ccc(NC(=O)O)cc1C(=O)N1CCC(F)(c2ccc(C#N)cc2)CC1. The summed E-state index contributed by atoms with van der Waals surface area (Å²) in [7, 11) is 0. The van der Waals surface area contributed by atoms with E-state index >= 15 is 4.39 Å². The summed E-state index contributed by atoms with van der Waals surface area (Å²) in [6.07, 6.45) is -0.877. The molecule has 6 nitrogen and oxygen atoms in total. The second-order valence-corrected chi connectivity index (χ2v) is 6.91. The molecular formula is C21H20FN3O3. The Morgan fingerprint density at radius 1 is 1.18 bits per heavy atom. The first-order valence-electron chi connectivity index (χ1n) is 8.92. The minimum Gasteiger partial charge on any atom is -0.465 e. The van der Waals surface area contributed by atoms with Crippen LogP contribution in [0, 0.1) is 18.3 Å². The van der Waals surface area contributed by atoms with E-state index in [-0.39, 0.29) is 31.8 Å². The van der Waals surface area contributed by atoms with Crippen molar-refractivity contribution in [1.82, 2.24) is 4.90 Å². The number of nitrogens with one attached hydrogen (secondary N) is 1. The molecule has 2 aromatic rings. The van der Waals surface area contributed by atoms with Gasteiger partial charge in [-0.3, -0.25) is 10.1 Å². The number of benzene rings is 2. The number of amides is 2. The van der Waals surface area contributed by atoms with Crippen LogP contribution in [-0.4, -0.2) is 35.1 Å². The number of piperidine rings is 1. The highest BCUT2D eigenvalue weighted by Crippen LogP contribution is 2.37. The Hall–Kier alpha value is -3.40. The molecule has 0 saturated carbocycles. The van der Waals surface area contributed by atoms with E-state index in [0.29, 0.717) is 22.4 Å². The Labute approximate surface area is 162 Å². The van der Waals surface area contributed by atoms with E-state index in [1.807, 2.05) is 6.07 Å². The van der Waals surface area contributed by atoms with Crippen molar-refractivity contribution in [2.75, 3.05) is 18.4 Å². The summed E-state index contributed by atoms with van der Waals surface area (Å²) in [6, 6.07) is 13.2. The molecule has 144 valence electrons. The van der Waals surface area contributed by atoms with Crippen molar-refractivity contribution in [2.24, 2.45) is 0 Å². The number of likely N-dealkylation sites (tertiary alicyclic amines) is 1. The Kier molecular flexibility index (Phi) is 5.32. The van der Waals surface area contributed by atoms with Crippen molar-refractivity contribution in [3.8, 4) is 6.07 Å². The molecule has 0 spiro atoms. The predicted molar refractivity (Wildman–Crippen MR) is 102 cm³/mol. The van der Waals surface area contributed by atoms with Crippen molar-refractivity contribution in [1.29, 1.82) is 5.26 Å². The number of hydrogen-bond acceptors (Lipinski definition) is 3. The van der Waals surface area contributed by atoms with E-state index in [1.165, 1.54) is 6.07 Å². The van der Waals surface area contributed by atoms with Crippen LogP contribution in [-0.2, 0) is 5.67 Å². The number of aryl methyl sites for hydroxylation is 1. The summed E-state index contributed by atoms with van der Waals surface area (Å²) in [5, 5.41) is 20.0. The molecule has 0 bridgehead atoms. The average molecular weight is 381 g/mol. The minimum absolute atomic E-state index is 0.163. The van der Waals surface area contributed by atoms with Gasteiger partial charge in [-0.2, -0.15) is 5.26 Å². The molecule has 1 saturated heterocycles. The van der Waals surface area contributed by atoms with Gasteiger partial charge in [0, 0.05) is 37.2 Å². The van der Waals surface area contributed by atoms with Crippen molar-refractivity contribution >= 4 is 17.7 Å². The zero-order valence-corrected chi connectivity index (χ0v) is 15.4. The first-order chi connectivity index (χ1) is 13.3. The van der Waals surface area contributed by atoms with Crippen molar-refractivity contribution < 1.29 is 19.1 Å². The molecule has 0 aliphatic carbocycles. The molecule has 7 heteroatoms. The van der Waals surface area contributed by atoms with Gasteiger partial charge in [-0.15, -0.1) is 0 Å². The van der Waals surface area contributed by atoms with E-state index in [4.69, 9.17) is 10.4 Å². The number of anilines is 1. The molecule has 1 heterocycles. The van der Waals surface area contributed by atoms with Crippen LogP contribution in [0.5, 0.6) is 0 Å². The number of nitrogens with zero attached hydrogens (tertiary/aromatic N) is 2. The molecule has 0 radical (unpaired) electrons. The van der Waals surface area contributed by atoms with Crippen LogP contribution in [0.4, 0.5) is 14.9 Å². The topological polar surface area (TPSA) is 93.4 Å². The van der Waals surface area contributed by atoms with Crippen molar-refractivity contribution in [3.05, 3.63) is 64.7 Å². The molecule has 1 aliphatic rings. The first-order valence-corrected chi connectivity index (χ1v) is 8.92. The fraction of sp³-hybridized carbons (Fsp3) is 0.286. The number of carboxylic acid groups (broad SMARTS) is 1. The number of alkyl halides is 1. The van der Waals surface area contributed by atoms with Gasteiger partial charge in [0.05, 0.1) is 11.6 Å². The van der Waals surface area contributed by atoms with Gasteiger partial charge < -0.3 is 10.0 Å². The lowest BCUT2D eigenvalue weighted by Crippen LogP contribution is -2.43. The zero-order valence-electron chi connectivity index (χ0n) is 15.4. The standard InChI is InChI=1S/C21H20FN3O3/c1-14-2-7-17(24-20(27)28)12-18(14)19(26)25-10-8-21(22,9-11-25)16-5-3-15(13-23)4-6-16/h2-7,12,24H,8-11H2,1H3,(H,27,28). The Balaban J connectivity index is 1.73. The van der Waals surface area contributed by atoms with Crippen LogP contribution >= 0.6 is 0 Å². The van der Waals surface area contributed by atoms with E-state index in [1.54, 1.807) is 48.2 Å². The normalized spacial score (nSPS) is 15.5. The summed E-state index contributed by atoms with van der Waals surface area (Å²) in [5.74, 6) is -0.242. The van der Waals surface area contributed by atoms with Gasteiger partial charge >= 0.3 is 6.09 Å². The van der Waals surface area contributed by atoms with E-state index in [0.717, 1.165) is 5.56 Å². The number of nitriles is 1. The van der Waals surface area contributed by atoms with E-state index < -0.39 is 11.8 Å². The molecular weight excluding hydrogens is 361 g/mol. The second-order valence-electron chi connectivity index (χ2n) is 6.91. The fourth-order valence-corrected chi connectivity index (χ4v) is 3.42. The smallest absolute Gasteiger partial charge is 0.409 e. The number of hydrogen-bond donors (Lipinski definition) is 2. The zero-order chi connectivity index (χ0) is 20.3. The van der Waals surface area contributed by atoms with Gasteiger partial charge in [-0.05, 0) is 42.3 Å². The molecule has 0 aromatic heterocycles. The number of halogens is 1. The molecule has 1 aliphatic heterocycles. The maximum atomic E-state index is 15.4. The quantitative estimate of drug-likeness (QED) is 0.838. The van der Waals surface area contributed by atoms with Gasteiger partial charge in [0.2, 0.25) is 0 Å². The summed E-state index contributed by atoms with van der Waals surface area (Å²) in [5.41, 5.74) is 0.900. The molecule has 0 unspecified atom stereocenters. The van der Waals surface area contributed by atoms with Crippen LogP contribution < -0.4 is 5.32 Å². The summed E-state index contributed by atoms with van der Waals surface area (Å²) >= 11 is 0. The lowest BCUT2D eigenvalue weighted by Gasteiger charge is -2.37. The predicted octanol–water partition coefficient (Wildman–Crippen LogP) is 4.06. The average Bonchev–Trinajstić information content (AvgIpc) is 2.69. The van der Waals surface area contributed by atoms with Crippen LogP contribution in [0.15, 0.2) is 42.5 Å². The van der Waals surface area contributed by atoms with Gasteiger partial charge in [0.25, 0.3) is 5.91 Å². The largest absolute Gasteiger partial charge is 0.465 e. The molecule has 2 N–H and O–H groups in total. The molecule has 2 amide bonds. The van der Waals surface area contributed by atoms with Crippen LogP contribution in [0.2, 0.25) is 0 Å². The molecule has 2 aromatic carbocycles. The van der Waals surface area contributed by atoms with Gasteiger partial charge in [0.15, 0.2) is 0 Å². The van der Waals surface area contributed by atoms with Crippen LogP contribution in [0.3, 0.4) is 0 Å². The first kappa shape index (κ1) is 19.4. The van der Waals surface area contributed by atoms with Gasteiger partial charge in [-0.25, -0.2) is 9.18 Å². The number of rotatable bonds is 3. The molecule has 1 fully saturated rings. The Morgan fingerprint density at radius 2 is 1.82 bits per heavy atom. The fourth-order valence-electron chi connectivity index (χ4n) is 3.42. The maximum absolute atomic E-state index is 15.4. The third-order valence-corrected chi connectivity index (χ3v) is 5.09. The van der Waals surface area contributed by atoms with E-state index in [9.17, 15) is 9.59 Å². The Bertz CT molecular complexity index is 942. The van der Waals surface area contributed by atoms with E-state index in [2.05, 4.69) is 5.32 Å². The van der Waals surface area contributed by atoms with Crippen molar-refractivity contribution in [3.63, 3.8) is 0 Å². The molecule has 0 atom stereocenters. The molecule has 3 rings (SSSR count). The van der Waals surface area contributed by atoms with Crippen LogP contribution in [0.1, 0.15) is 39.9 Å². The lowest BCUT2D eigenvalue weighted by molar-refractivity contribution is 0.0421. The monoisotopic (exact) mass is 381 g/mol. The molecule has 28 heavy (non-hydrogen) atoms. The second kappa shape index (κ2) is 7.69. The number of carbonyl (C=O) groups is 2. The highest BCUT2D eigenvalue weighted by Gasteiger charge is 2.37. The third kappa shape index (κ3) is 3.96. The highest BCUT2D eigenvalue weighted by atomic mass is 19.1. The number of carbonyl (C=O) groups excluding carboxylic acids is 1. The van der Waals surface area contributed by atoms with Crippen molar-refractivity contribution in [2.45, 2.75) is 25.4 Å². The van der Waals surface area contributed by atoms with Gasteiger partial charge in [-0.1, -0.05) is 18.2 Å². The maximum Gasteiger partial charge on any atom is 0.409 e. The highest BCUT2D eigenvalue weighted by molar-refractivity contribution is 5.97. The van der Waals surface area contributed by atoms with Gasteiger partial charge in [0.1, 0.15) is 5.67 Å². The summed E-state index contributed by atoms with van der Waals surface area (Å²) < 4.78 is 15.4.